The zero-order valence-electron chi connectivity index (χ0n) is 21.9. The third kappa shape index (κ3) is 7.14. The van der Waals surface area contributed by atoms with Crippen LogP contribution in [0.4, 0.5) is 4.79 Å². The Morgan fingerprint density at radius 3 is 2.68 bits per heavy atom. The molecule has 196 valence electrons. The second-order valence-electron chi connectivity index (χ2n) is 10.3. The zero-order chi connectivity index (χ0) is 26.4. The molecule has 0 aliphatic heterocycles. The third-order valence-corrected chi connectivity index (χ3v) is 6.93. The van der Waals surface area contributed by atoms with Crippen molar-refractivity contribution in [2.75, 3.05) is 19.6 Å². The van der Waals surface area contributed by atoms with Crippen LogP contribution in [0.1, 0.15) is 45.5 Å². The lowest BCUT2D eigenvalue weighted by Crippen LogP contribution is -2.34. The normalized spacial score (nSPS) is 12.6. The molecule has 3 aromatic heterocycles. The summed E-state index contributed by atoms with van der Waals surface area (Å²) in [5.41, 5.74) is 1.29. The topological polar surface area (TPSA) is 98.1 Å². The van der Waals surface area contributed by atoms with Crippen LogP contribution in [0, 0.1) is 5.92 Å². The highest BCUT2D eigenvalue weighted by Crippen LogP contribution is 2.29. The van der Waals surface area contributed by atoms with Crippen molar-refractivity contribution in [1.29, 1.82) is 0 Å². The molecule has 1 atom stereocenters. The second kappa shape index (κ2) is 11.8. The molecule has 0 bridgehead atoms. The highest BCUT2D eigenvalue weighted by molar-refractivity contribution is 7.25. The van der Waals surface area contributed by atoms with E-state index in [1.165, 1.54) is 11.3 Å². The van der Waals surface area contributed by atoms with E-state index in [-0.39, 0.29) is 11.5 Å². The Labute approximate surface area is 221 Å². The van der Waals surface area contributed by atoms with Gasteiger partial charge in [0.05, 0.1) is 12.1 Å². The quantitative estimate of drug-likeness (QED) is 0.293. The molecule has 9 heteroatoms. The number of hydrogen-bond acceptors (Lipinski definition) is 7. The second-order valence-corrected chi connectivity index (χ2v) is 11.3. The van der Waals surface area contributed by atoms with Crippen molar-refractivity contribution >= 4 is 37.9 Å². The fourth-order valence-corrected chi connectivity index (χ4v) is 5.17. The van der Waals surface area contributed by atoms with Gasteiger partial charge in [-0.05, 0) is 63.9 Å². The number of carbonyl (C=O) groups is 1. The maximum Gasteiger partial charge on any atom is 0.407 e. The molecule has 4 rings (SSSR count). The van der Waals surface area contributed by atoms with Crippen molar-refractivity contribution in [3.05, 3.63) is 70.4 Å². The van der Waals surface area contributed by atoms with Gasteiger partial charge in [-0.2, -0.15) is 0 Å². The Morgan fingerprint density at radius 2 is 1.92 bits per heavy atom. The standard InChI is InChI=1S/C28H35N5O3S/c1-19(17-29-13-9-15-31-27(35)36-28(2,3)4)16-22-32-23-21-12-8-14-30-25(21)37-24(23)26(34)33(22)18-20-10-6-5-7-11-20/h5-8,10-12,14,19,29H,9,13,15-18H2,1-4H3,(H,31,35). The Hall–Kier alpha value is -3.30. The summed E-state index contributed by atoms with van der Waals surface area (Å²) in [7, 11) is 0. The molecule has 37 heavy (non-hydrogen) atoms. The van der Waals surface area contributed by atoms with E-state index in [1.807, 2.05) is 67.8 Å². The fraction of sp³-hybridized carbons (Fsp3) is 0.429. The monoisotopic (exact) mass is 521 g/mol. The molecule has 0 radical (unpaired) electrons. The van der Waals surface area contributed by atoms with Gasteiger partial charge in [0, 0.05) is 24.5 Å². The van der Waals surface area contributed by atoms with Crippen molar-refractivity contribution in [1.82, 2.24) is 25.2 Å². The number of benzene rings is 1. The van der Waals surface area contributed by atoms with E-state index < -0.39 is 11.7 Å². The lowest BCUT2D eigenvalue weighted by atomic mass is 10.1. The van der Waals surface area contributed by atoms with Crippen LogP contribution >= 0.6 is 11.3 Å². The Bertz CT molecular complexity index is 1410. The van der Waals surface area contributed by atoms with Crippen molar-refractivity contribution in [3.8, 4) is 0 Å². The van der Waals surface area contributed by atoms with Gasteiger partial charge in [0.2, 0.25) is 0 Å². The van der Waals surface area contributed by atoms with Gasteiger partial charge in [-0.25, -0.2) is 14.8 Å². The first-order valence-electron chi connectivity index (χ1n) is 12.7. The van der Waals surface area contributed by atoms with E-state index in [0.29, 0.717) is 24.2 Å². The molecule has 1 unspecified atom stereocenters. The molecule has 0 fully saturated rings. The zero-order valence-corrected chi connectivity index (χ0v) is 22.7. The summed E-state index contributed by atoms with van der Waals surface area (Å²) >= 11 is 1.41. The van der Waals surface area contributed by atoms with Gasteiger partial charge < -0.3 is 15.4 Å². The number of thiophene rings is 1. The summed E-state index contributed by atoms with van der Waals surface area (Å²) in [4.78, 5) is 35.7. The van der Waals surface area contributed by atoms with E-state index in [2.05, 4.69) is 22.5 Å². The molecule has 0 saturated heterocycles. The molecule has 1 amide bonds. The van der Waals surface area contributed by atoms with Gasteiger partial charge in [-0.1, -0.05) is 37.3 Å². The smallest absolute Gasteiger partial charge is 0.407 e. The van der Waals surface area contributed by atoms with Crippen molar-refractivity contribution < 1.29 is 9.53 Å². The molecule has 0 saturated carbocycles. The summed E-state index contributed by atoms with van der Waals surface area (Å²) in [6.07, 6.45) is 2.81. The molecule has 2 N–H and O–H groups in total. The molecule has 1 aromatic carbocycles. The molecular formula is C28H35N5O3S. The minimum absolute atomic E-state index is 0.0137. The minimum Gasteiger partial charge on any atom is -0.444 e. The highest BCUT2D eigenvalue weighted by atomic mass is 32.1. The van der Waals surface area contributed by atoms with Crippen LogP contribution in [-0.4, -0.2) is 45.9 Å². The SMILES string of the molecule is CC(CNCCCNC(=O)OC(C)(C)C)Cc1nc2c(sc3ncccc32)c(=O)n1Cc1ccccc1. The van der Waals surface area contributed by atoms with Gasteiger partial charge in [0.1, 0.15) is 21.0 Å². The van der Waals surface area contributed by atoms with Gasteiger partial charge in [-0.15, -0.1) is 11.3 Å². The van der Waals surface area contributed by atoms with E-state index in [1.54, 1.807) is 6.20 Å². The highest BCUT2D eigenvalue weighted by Gasteiger charge is 2.19. The predicted octanol–water partition coefficient (Wildman–Crippen LogP) is 4.74. The third-order valence-electron chi connectivity index (χ3n) is 5.84. The number of fused-ring (bicyclic) bond motifs is 3. The summed E-state index contributed by atoms with van der Waals surface area (Å²) in [6.45, 7) is 10.3. The number of hydrogen-bond donors (Lipinski definition) is 2. The van der Waals surface area contributed by atoms with E-state index in [0.717, 1.165) is 46.6 Å². The van der Waals surface area contributed by atoms with E-state index in [9.17, 15) is 9.59 Å². The van der Waals surface area contributed by atoms with Crippen LogP contribution < -0.4 is 16.2 Å². The first-order chi connectivity index (χ1) is 17.7. The predicted molar refractivity (Wildman–Crippen MR) is 149 cm³/mol. The number of rotatable bonds is 10. The molecule has 4 aromatic rings. The lowest BCUT2D eigenvalue weighted by Gasteiger charge is -2.19. The Balaban J connectivity index is 1.43. The average molecular weight is 522 g/mol. The lowest BCUT2D eigenvalue weighted by molar-refractivity contribution is 0.0527. The van der Waals surface area contributed by atoms with Gasteiger partial charge in [0.15, 0.2) is 0 Å². The molecule has 8 nitrogen and oxygen atoms in total. The first-order valence-corrected chi connectivity index (χ1v) is 13.5. The Kier molecular flexibility index (Phi) is 8.56. The number of nitrogens with one attached hydrogen (secondary N) is 2. The van der Waals surface area contributed by atoms with E-state index >= 15 is 0 Å². The van der Waals surface area contributed by atoms with Crippen LogP contribution in [-0.2, 0) is 17.7 Å². The summed E-state index contributed by atoms with van der Waals surface area (Å²) in [5.74, 6) is 1.04. The van der Waals surface area contributed by atoms with Crippen molar-refractivity contribution in [2.45, 2.75) is 52.7 Å². The molecule has 3 heterocycles. The fourth-order valence-electron chi connectivity index (χ4n) is 4.14. The summed E-state index contributed by atoms with van der Waals surface area (Å²) < 4.78 is 7.72. The minimum atomic E-state index is -0.498. The first kappa shape index (κ1) is 26.8. The van der Waals surface area contributed by atoms with Crippen molar-refractivity contribution in [3.63, 3.8) is 0 Å². The number of alkyl carbamates (subject to hydrolysis) is 1. The molecule has 0 aliphatic rings. The van der Waals surface area contributed by atoms with Crippen LogP contribution in [0.2, 0.25) is 0 Å². The maximum atomic E-state index is 13.6. The average Bonchev–Trinajstić information content (AvgIpc) is 3.22. The van der Waals surface area contributed by atoms with Crippen LogP contribution in [0.5, 0.6) is 0 Å². The van der Waals surface area contributed by atoms with Gasteiger partial charge in [0.25, 0.3) is 5.56 Å². The van der Waals surface area contributed by atoms with Gasteiger partial charge in [-0.3, -0.25) is 9.36 Å². The maximum absolute atomic E-state index is 13.6. The summed E-state index contributed by atoms with van der Waals surface area (Å²) in [6, 6.07) is 13.9. The summed E-state index contributed by atoms with van der Waals surface area (Å²) in [5, 5.41) is 7.16. The number of ether oxygens (including phenoxy) is 1. The number of carbonyl (C=O) groups excluding carboxylic acids is 1. The van der Waals surface area contributed by atoms with E-state index in [4.69, 9.17) is 9.72 Å². The molecule has 0 spiro atoms. The van der Waals surface area contributed by atoms with Crippen LogP contribution in [0.25, 0.3) is 20.4 Å². The number of aromatic nitrogens is 3. The van der Waals surface area contributed by atoms with Gasteiger partial charge >= 0.3 is 6.09 Å². The number of amides is 1. The van der Waals surface area contributed by atoms with Crippen LogP contribution in [0.15, 0.2) is 53.5 Å². The Morgan fingerprint density at radius 1 is 1.14 bits per heavy atom. The number of pyridine rings is 1. The number of nitrogens with zero attached hydrogens (tertiary/aromatic N) is 3. The van der Waals surface area contributed by atoms with Crippen molar-refractivity contribution in [2.24, 2.45) is 5.92 Å². The molecular weight excluding hydrogens is 486 g/mol. The largest absolute Gasteiger partial charge is 0.444 e. The molecule has 0 aliphatic carbocycles. The van der Waals surface area contributed by atoms with Crippen LogP contribution in [0.3, 0.4) is 0 Å².